The topological polar surface area (TPSA) is 48.0 Å². The standard InChI is InChI=1S/C16H21NO4/c1-4-6-9-17-10-12-13(20-11-17)7-8-14(16(12)19-3)21-15(18)5-2/h5,7-8H,2,4,6,9-11H2,1,3H3. The van der Waals surface area contributed by atoms with Crippen LogP contribution in [0.4, 0.5) is 0 Å². The second-order valence-corrected chi connectivity index (χ2v) is 4.88. The fraction of sp³-hybridized carbons (Fsp3) is 0.438. The number of carbonyl (C=O) groups excluding carboxylic acids is 1. The maximum absolute atomic E-state index is 11.4. The second kappa shape index (κ2) is 7.13. The Morgan fingerprint density at radius 3 is 3.00 bits per heavy atom. The lowest BCUT2D eigenvalue weighted by molar-refractivity contribution is -0.129. The monoisotopic (exact) mass is 291 g/mol. The number of benzene rings is 1. The SMILES string of the molecule is C=CC(=O)Oc1ccc2c(c1OC)CN(CCCC)CO2. The molecule has 0 aliphatic carbocycles. The molecular formula is C16H21NO4. The van der Waals surface area contributed by atoms with Crippen LogP contribution < -0.4 is 14.2 Å². The number of ether oxygens (including phenoxy) is 3. The Morgan fingerprint density at radius 1 is 1.52 bits per heavy atom. The molecule has 114 valence electrons. The van der Waals surface area contributed by atoms with E-state index in [9.17, 15) is 4.79 Å². The summed E-state index contributed by atoms with van der Waals surface area (Å²) in [5.74, 6) is 1.21. The molecule has 0 saturated heterocycles. The van der Waals surface area contributed by atoms with Crippen molar-refractivity contribution < 1.29 is 19.0 Å². The third-order valence-corrected chi connectivity index (χ3v) is 3.37. The molecule has 0 radical (unpaired) electrons. The first-order valence-electron chi connectivity index (χ1n) is 7.08. The molecule has 0 unspecified atom stereocenters. The van der Waals surface area contributed by atoms with Crippen molar-refractivity contribution in [2.75, 3.05) is 20.4 Å². The normalized spacial score (nSPS) is 14.0. The summed E-state index contributed by atoms with van der Waals surface area (Å²) in [4.78, 5) is 13.6. The van der Waals surface area contributed by atoms with Gasteiger partial charge in [-0.3, -0.25) is 4.90 Å². The summed E-state index contributed by atoms with van der Waals surface area (Å²) in [7, 11) is 1.56. The minimum absolute atomic E-state index is 0.391. The predicted octanol–water partition coefficient (Wildman–Crippen LogP) is 2.74. The van der Waals surface area contributed by atoms with Crippen molar-refractivity contribution >= 4 is 5.97 Å². The van der Waals surface area contributed by atoms with Crippen LogP contribution in [0.5, 0.6) is 17.2 Å². The van der Waals surface area contributed by atoms with Gasteiger partial charge in [0.25, 0.3) is 0 Å². The van der Waals surface area contributed by atoms with Crippen LogP contribution in [-0.2, 0) is 11.3 Å². The predicted molar refractivity (Wildman–Crippen MR) is 79.6 cm³/mol. The zero-order chi connectivity index (χ0) is 15.2. The number of methoxy groups -OCH3 is 1. The molecule has 0 bridgehead atoms. The number of carbonyl (C=O) groups is 1. The summed E-state index contributed by atoms with van der Waals surface area (Å²) in [5.41, 5.74) is 0.911. The van der Waals surface area contributed by atoms with Crippen molar-refractivity contribution in [2.24, 2.45) is 0 Å². The lowest BCUT2D eigenvalue weighted by atomic mass is 10.1. The summed E-state index contributed by atoms with van der Waals surface area (Å²) in [6, 6.07) is 3.49. The molecule has 0 aromatic heterocycles. The number of unbranched alkanes of at least 4 members (excludes halogenated alkanes) is 1. The molecule has 1 aromatic carbocycles. The van der Waals surface area contributed by atoms with E-state index in [0.29, 0.717) is 18.2 Å². The zero-order valence-electron chi connectivity index (χ0n) is 12.6. The Morgan fingerprint density at radius 2 is 2.33 bits per heavy atom. The average Bonchev–Trinajstić information content (AvgIpc) is 2.52. The number of hydrogen-bond acceptors (Lipinski definition) is 5. The maximum atomic E-state index is 11.4. The summed E-state index contributed by atoms with van der Waals surface area (Å²) in [6.07, 6.45) is 3.38. The van der Waals surface area contributed by atoms with Crippen LogP contribution >= 0.6 is 0 Å². The molecule has 0 saturated carbocycles. The molecular weight excluding hydrogens is 270 g/mol. The highest BCUT2D eigenvalue weighted by molar-refractivity contribution is 5.84. The van der Waals surface area contributed by atoms with Crippen LogP contribution in [0.1, 0.15) is 25.3 Å². The third-order valence-electron chi connectivity index (χ3n) is 3.37. The van der Waals surface area contributed by atoms with E-state index in [-0.39, 0.29) is 0 Å². The molecule has 21 heavy (non-hydrogen) atoms. The molecule has 2 rings (SSSR count). The van der Waals surface area contributed by atoms with Gasteiger partial charge in [0, 0.05) is 19.2 Å². The highest BCUT2D eigenvalue weighted by Crippen LogP contribution is 2.40. The fourth-order valence-electron chi connectivity index (χ4n) is 2.28. The Labute approximate surface area is 125 Å². The molecule has 0 amide bonds. The van der Waals surface area contributed by atoms with Crippen LogP contribution in [0.3, 0.4) is 0 Å². The van der Waals surface area contributed by atoms with E-state index < -0.39 is 5.97 Å². The maximum Gasteiger partial charge on any atom is 0.335 e. The van der Waals surface area contributed by atoms with Gasteiger partial charge in [-0.1, -0.05) is 19.9 Å². The summed E-state index contributed by atoms with van der Waals surface area (Å²) < 4.78 is 16.4. The summed E-state index contributed by atoms with van der Waals surface area (Å²) >= 11 is 0. The summed E-state index contributed by atoms with van der Waals surface area (Å²) in [6.45, 7) is 7.82. The van der Waals surface area contributed by atoms with E-state index in [4.69, 9.17) is 14.2 Å². The first-order valence-corrected chi connectivity index (χ1v) is 7.08. The van der Waals surface area contributed by atoms with Gasteiger partial charge in [0.2, 0.25) is 0 Å². The van der Waals surface area contributed by atoms with Crippen LogP contribution in [0.25, 0.3) is 0 Å². The highest BCUT2D eigenvalue weighted by atomic mass is 16.6. The van der Waals surface area contributed by atoms with Crippen LogP contribution in [0.2, 0.25) is 0 Å². The van der Waals surface area contributed by atoms with Gasteiger partial charge in [0.15, 0.2) is 11.5 Å². The zero-order valence-corrected chi connectivity index (χ0v) is 12.6. The van der Waals surface area contributed by atoms with Crippen LogP contribution in [-0.4, -0.2) is 31.3 Å². The van der Waals surface area contributed by atoms with Gasteiger partial charge in [0.1, 0.15) is 12.5 Å². The number of rotatable bonds is 6. The molecule has 1 heterocycles. The van der Waals surface area contributed by atoms with Crippen molar-refractivity contribution in [1.29, 1.82) is 0 Å². The Hall–Kier alpha value is -2.01. The van der Waals surface area contributed by atoms with Crippen LogP contribution in [0, 0.1) is 0 Å². The molecule has 1 aromatic rings. The fourth-order valence-corrected chi connectivity index (χ4v) is 2.28. The van der Waals surface area contributed by atoms with E-state index in [1.165, 1.54) is 0 Å². The van der Waals surface area contributed by atoms with Crippen molar-refractivity contribution in [3.8, 4) is 17.2 Å². The van der Waals surface area contributed by atoms with Crippen molar-refractivity contribution in [1.82, 2.24) is 4.90 Å². The Balaban J connectivity index is 2.25. The van der Waals surface area contributed by atoms with Crippen molar-refractivity contribution in [3.05, 3.63) is 30.4 Å². The van der Waals surface area contributed by atoms with Gasteiger partial charge in [-0.25, -0.2) is 4.79 Å². The van der Waals surface area contributed by atoms with Gasteiger partial charge in [-0.15, -0.1) is 0 Å². The van der Waals surface area contributed by atoms with Gasteiger partial charge in [-0.2, -0.15) is 0 Å². The average molecular weight is 291 g/mol. The van der Waals surface area contributed by atoms with Crippen LogP contribution in [0.15, 0.2) is 24.8 Å². The van der Waals surface area contributed by atoms with Gasteiger partial charge in [0.05, 0.1) is 12.7 Å². The van der Waals surface area contributed by atoms with Crippen molar-refractivity contribution in [3.63, 3.8) is 0 Å². The summed E-state index contributed by atoms with van der Waals surface area (Å²) in [5, 5.41) is 0. The second-order valence-electron chi connectivity index (χ2n) is 4.88. The molecule has 0 N–H and O–H groups in total. The van der Waals surface area contributed by atoms with Crippen molar-refractivity contribution in [2.45, 2.75) is 26.3 Å². The molecule has 0 spiro atoms. The third kappa shape index (κ3) is 3.55. The quantitative estimate of drug-likeness (QED) is 0.458. The molecule has 0 fully saturated rings. The molecule has 1 aliphatic heterocycles. The lowest BCUT2D eigenvalue weighted by Crippen LogP contribution is -2.33. The first kappa shape index (κ1) is 15.4. The molecule has 5 heteroatoms. The Bertz CT molecular complexity index is 527. The number of hydrogen-bond donors (Lipinski definition) is 0. The lowest BCUT2D eigenvalue weighted by Gasteiger charge is -2.30. The molecule has 5 nitrogen and oxygen atoms in total. The first-order chi connectivity index (χ1) is 10.2. The van der Waals surface area contributed by atoms with Gasteiger partial charge < -0.3 is 14.2 Å². The molecule has 1 aliphatic rings. The van der Waals surface area contributed by atoms with E-state index >= 15 is 0 Å². The number of esters is 1. The van der Waals surface area contributed by atoms with E-state index in [1.807, 2.05) is 0 Å². The van der Waals surface area contributed by atoms with Gasteiger partial charge >= 0.3 is 5.97 Å². The highest BCUT2D eigenvalue weighted by Gasteiger charge is 2.24. The largest absolute Gasteiger partial charge is 0.492 e. The van der Waals surface area contributed by atoms with E-state index in [0.717, 1.165) is 43.3 Å². The minimum Gasteiger partial charge on any atom is -0.492 e. The van der Waals surface area contributed by atoms with Gasteiger partial charge in [-0.05, 0) is 18.6 Å². The number of fused-ring (bicyclic) bond motifs is 1. The van der Waals surface area contributed by atoms with E-state index in [1.54, 1.807) is 19.2 Å². The molecule has 0 atom stereocenters. The number of nitrogens with zero attached hydrogens (tertiary/aromatic N) is 1. The van der Waals surface area contributed by atoms with E-state index in [2.05, 4.69) is 18.4 Å². The Kier molecular flexibility index (Phi) is 5.22. The smallest absolute Gasteiger partial charge is 0.335 e. The minimum atomic E-state index is -0.507.